The van der Waals surface area contributed by atoms with Gasteiger partial charge in [-0.3, -0.25) is 4.90 Å². The molecule has 1 fully saturated rings. The van der Waals surface area contributed by atoms with Gasteiger partial charge in [0.15, 0.2) is 0 Å². The Hall–Kier alpha value is -4.19. The van der Waals surface area contributed by atoms with Gasteiger partial charge in [0.25, 0.3) is 0 Å². The molecule has 0 spiro atoms. The largest absolute Gasteiger partial charge is 0.508 e. The highest BCUT2D eigenvalue weighted by atomic mass is 16.5. The number of nitriles is 1. The van der Waals surface area contributed by atoms with Gasteiger partial charge in [0.1, 0.15) is 17.2 Å². The van der Waals surface area contributed by atoms with Crippen LogP contribution >= 0.6 is 0 Å². The van der Waals surface area contributed by atoms with Crippen molar-refractivity contribution in [3.63, 3.8) is 0 Å². The lowest BCUT2D eigenvalue weighted by atomic mass is 9.99. The molecule has 0 aliphatic carbocycles. The molecule has 2 heterocycles. The molecule has 0 radical (unpaired) electrons. The molecule has 5 rings (SSSR count). The SMILES string of the molecule is CCc1cc(-c2nnn(Cc3ccccc3C#N)c2-c2ccc(CN3CCOCC3)cc2)c(O)cc1O. The molecule has 0 unspecified atom stereocenters. The summed E-state index contributed by atoms with van der Waals surface area (Å²) in [6, 6.07) is 21.1. The maximum absolute atomic E-state index is 10.7. The lowest BCUT2D eigenvalue weighted by Gasteiger charge is -2.26. The minimum absolute atomic E-state index is 0.0492. The van der Waals surface area contributed by atoms with E-state index in [1.165, 1.54) is 11.6 Å². The Kier molecular flexibility index (Phi) is 7.17. The van der Waals surface area contributed by atoms with Crippen LogP contribution in [0.1, 0.15) is 29.2 Å². The van der Waals surface area contributed by atoms with E-state index < -0.39 is 0 Å². The van der Waals surface area contributed by atoms with Crippen molar-refractivity contribution in [2.75, 3.05) is 26.3 Å². The average molecular weight is 496 g/mol. The van der Waals surface area contributed by atoms with Crippen molar-refractivity contribution >= 4 is 0 Å². The fraction of sp³-hybridized carbons (Fsp3) is 0.276. The summed E-state index contributed by atoms with van der Waals surface area (Å²) >= 11 is 0. The standard InChI is InChI=1S/C29H29N5O3/c1-2-21-15-25(27(36)16-26(21)35)28-29(34(32-31-28)19-24-6-4-3-5-23(24)17-30)22-9-7-20(8-10-22)18-33-11-13-37-14-12-33/h3-10,15-16,35-36H,2,11-14,18-19H2,1H3. The van der Waals surface area contributed by atoms with E-state index in [0.29, 0.717) is 35.3 Å². The second-order valence-electron chi connectivity index (χ2n) is 9.15. The molecule has 4 aromatic rings. The Morgan fingerprint density at radius 1 is 0.946 bits per heavy atom. The molecule has 0 saturated carbocycles. The molecule has 1 aliphatic heterocycles. The first kappa shape index (κ1) is 24.5. The van der Waals surface area contributed by atoms with E-state index in [0.717, 1.165) is 49.7 Å². The average Bonchev–Trinajstić information content (AvgIpc) is 3.33. The van der Waals surface area contributed by atoms with Gasteiger partial charge in [-0.15, -0.1) is 5.10 Å². The number of aromatic hydroxyl groups is 2. The van der Waals surface area contributed by atoms with Crippen LogP contribution in [-0.2, 0) is 24.2 Å². The molecule has 1 aromatic heterocycles. The third kappa shape index (κ3) is 5.19. The third-order valence-electron chi connectivity index (χ3n) is 6.76. The molecule has 1 aliphatic rings. The predicted molar refractivity (Wildman–Crippen MR) is 140 cm³/mol. The Balaban J connectivity index is 1.57. The van der Waals surface area contributed by atoms with Gasteiger partial charge in [-0.05, 0) is 35.2 Å². The lowest BCUT2D eigenvalue weighted by Crippen LogP contribution is -2.35. The van der Waals surface area contributed by atoms with Crippen molar-refractivity contribution in [2.24, 2.45) is 0 Å². The van der Waals surface area contributed by atoms with Crippen LogP contribution in [0.5, 0.6) is 11.5 Å². The van der Waals surface area contributed by atoms with Crippen molar-refractivity contribution in [1.29, 1.82) is 5.26 Å². The number of benzene rings is 3. The van der Waals surface area contributed by atoms with E-state index in [1.54, 1.807) is 16.8 Å². The number of hydrogen-bond donors (Lipinski definition) is 2. The molecule has 37 heavy (non-hydrogen) atoms. The fourth-order valence-corrected chi connectivity index (χ4v) is 4.70. The molecule has 188 valence electrons. The van der Waals surface area contributed by atoms with Crippen molar-refractivity contribution in [2.45, 2.75) is 26.4 Å². The molecule has 0 amide bonds. The van der Waals surface area contributed by atoms with Gasteiger partial charge in [0, 0.05) is 36.8 Å². The minimum Gasteiger partial charge on any atom is -0.508 e. The van der Waals surface area contributed by atoms with Gasteiger partial charge in [0.2, 0.25) is 0 Å². The second kappa shape index (κ2) is 10.8. The zero-order valence-corrected chi connectivity index (χ0v) is 20.8. The first-order valence-corrected chi connectivity index (χ1v) is 12.4. The second-order valence-corrected chi connectivity index (χ2v) is 9.15. The number of phenolic OH excluding ortho intramolecular Hbond substituents is 2. The fourth-order valence-electron chi connectivity index (χ4n) is 4.70. The summed E-state index contributed by atoms with van der Waals surface area (Å²) in [6.07, 6.45) is 0.606. The number of aryl methyl sites for hydroxylation is 1. The van der Waals surface area contributed by atoms with Gasteiger partial charge in [0.05, 0.1) is 37.1 Å². The summed E-state index contributed by atoms with van der Waals surface area (Å²) in [5, 5.41) is 39.5. The van der Waals surface area contributed by atoms with Gasteiger partial charge in [-0.1, -0.05) is 54.6 Å². The van der Waals surface area contributed by atoms with Crippen molar-refractivity contribution in [1.82, 2.24) is 19.9 Å². The lowest BCUT2D eigenvalue weighted by molar-refractivity contribution is 0.0342. The molecule has 8 nitrogen and oxygen atoms in total. The molecular weight excluding hydrogens is 466 g/mol. The monoisotopic (exact) mass is 495 g/mol. The van der Waals surface area contributed by atoms with E-state index in [4.69, 9.17) is 4.74 Å². The highest BCUT2D eigenvalue weighted by Gasteiger charge is 2.22. The summed E-state index contributed by atoms with van der Waals surface area (Å²) in [4.78, 5) is 2.37. The number of morpholine rings is 1. The molecule has 1 saturated heterocycles. The van der Waals surface area contributed by atoms with Crippen LogP contribution in [0.25, 0.3) is 22.5 Å². The highest BCUT2D eigenvalue weighted by molar-refractivity contribution is 5.82. The smallest absolute Gasteiger partial charge is 0.128 e. The normalized spacial score (nSPS) is 13.9. The molecule has 3 aromatic carbocycles. The summed E-state index contributed by atoms with van der Waals surface area (Å²) in [7, 11) is 0. The maximum Gasteiger partial charge on any atom is 0.128 e. The van der Waals surface area contributed by atoms with E-state index in [1.807, 2.05) is 37.3 Å². The van der Waals surface area contributed by atoms with Crippen molar-refractivity contribution in [3.8, 4) is 40.1 Å². The van der Waals surface area contributed by atoms with E-state index in [-0.39, 0.29) is 11.5 Å². The van der Waals surface area contributed by atoms with E-state index in [9.17, 15) is 15.5 Å². The quantitative estimate of drug-likeness (QED) is 0.393. The summed E-state index contributed by atoms with van der Waals surface area (Å²) in [5.74, 6) is -0.0162. The van der Waals surface area contributed by atoms with Crippen LogP contribution in [0.2, 0.25) is 0 Å². The topological polar surface area (TPSA) is 107 Å². The summed E-state index contributed by atoms with van der Waals surface area (Å²) in [6.45, 7) is 6.49. The molecule has 0 bridgehead atoms. The van der Waals surface area contributed by atoms with Gasteiger partial charge in [-0.2, -0.15) is 5.26 Å². The highest BCUT2D eigenvalue weighted by Crippen LogP contribution is 2.39. The van der Waals surface area contributed by atoms with Gasteiger partial charge in [-0.25, -0.2) is 4.68 Å². The van der Waals surface area contributed by atoms with Crippen LogP contribution in [0, 0.1) is 11.3 Å². The first-order valence-electron chi connectivity index (χ1n) is 12.4. The Labute approximate surface area is 216 Å². The van der Waals surface area contributed by atoms with Gasteiger partial charge < -0.3 is 14.9 Å². The summed E-state index contributed by atoms with van der Waals surface area (Å²) < 4.78 is 7.22. The zero-order valence-electron chi connectivity index (χ0n) is 20.8. The van der Waals surface area contributed by atoms with Crippen LogP contribution in [0.15, 0.2) is 60.7 Å². The van der Waals surface area contributed by atoms with Gasteiger partial charge >= 0.3 is 0 Å². The molecule has 8 heteroatoms. The Morgan fingerprint density at radius 3 is 2.43 bits per heavy atom. The van der Waals surface area contributed by atoms with Crippen LogP contribution in [-0.4, -0.2) is 56.4 Å². The number of rotatable bonds is 7. The van der Waals surface area contributed by atoms with Crippen molar-refractivity contribution in [3.05, 3.63) is 82.9 Å². The third-order valence-corrected chi connectivity index (χ3v) is 6.76. The number of aromatic nitrogens is 3. The first-order chi connectivity index (χ1) is 18.1. The Morgan fingerprint density at radius 2 is 1.70 bits per heavy atom. The summed E-state index contributed by atoms with van der Waals surface area (Å²) in [5.41, 5.74) is 5.96. The minimum atomic E-state index is -0.0654. The van der Waals surface area contributed by atoms with Crippen molar-refractivity contribution < 1.29 is 14.9 Å². The number of phenols is 2. The van der Waals surface area contributed by atoms with E-state index >= 15 is 0 Å². The van der Waals surface area contributed by atoms with Crippen LogP contribution < -0.4 is 0 Å². The number of ether oxygens (including phenoxy) is 1. The van der Waals surface area contributed by atoms with Crippen LogP contribution in [0.4, 0.5) is 0 Å². The number of nitrogens with zero attached hydrogens (tertiary/aromatic N) is 5. The molecule has 2 N–H and O–H groups in total. The zero-order chi connectivity index (χ0) is 25.8. The van der Waals surface area contributed by atoms with E-state index in [2.05, 4.69) is 33.4 Å². The predicted octanol–water partition coefficient (Wildman–Crippen LogP) is 4.34. The molecular formula is C29H29N5O3. The molecule has 0 atom stereocenters. The maximum atomic E-state index is 10.7. The van der Waals surface area contributed by atoms with Crippen LogP contribution in [0.3, 0.4) is 0 Å². The number of hydrogen-bond acceptors (Lipinski definition) is 7. The Bertz CT molecular complexity index is 1430.